The van der Waals surface area contributed by atoms with Crippen LogP contribution >= 0.6 is 34.8 Å². The number of benzene rings is 2. The fraction of sp³-hybridized carbons (Fsp3) is 0. The molecule has 0 aliphatic carbocycles. The van der Waals surface area contributed by atoms with Crippen molar-refractivity contribution < 1.29 is 4.79 Å². The quantitative estimate of drug-likeness (QED) is 0.742. The molecular weight excluding hydrogens is 321 g/mol. The van der Waals surface area contributed by atoms with E-state index in [0.717, 1.165) is 0 Å². The minimum atomic E-state index is -0.646. The number of carbonyl (C=O) groups excluding carboxylic acids is 1. The van der Waals surface area contributed by atoms with Gasteiger partial charge in [0.1, 0.15) is 0 Å². The van der Waals surface area contributed by atoms with Crippen molar-refractivity contribution in [3.63, 3.8) is 0 Å². The highest BCUT2D eigenvalue weighted by Gasteiger charge is 2.14. The van der Waals surface area contributed by atoms with E-state index in [2.05, 4.69) is 5.32 Å². The standard InChI is InChI=1S/C13H10Cl3N3O/c14-6-1-2-11(9(15)3-6)19-12-8(13(18)20)4-7(17)5-10(12)16/h1-5,19H,17H2,(H2,18,20). The van der Waals surface area contributed by atoms with Gasteiger partial charge in [0.2, 0.25) is 0 Å². The van der Waals surface area contributed by atoms with Gasteiger partial charge in [-0.15, -0.1) is 0 Å². The monoisotopic (exact) mass is 329 g/mol. The number of anilines is 3. The van der Waals surface area contributed by atoms with Crippen LogP contribution in [0.15, 0.2) is 30.3 Å². The molecule has 0 spiro atoms. The summed E-state index contributed by atoms with van der Waals surface area (Å²) >= 11 is 18.0. The maximum atomic E-state index is 11.5. The number of primary amides is 1. The summed E-state index contributed by atoms with van der Waals surface area (Å²) in [7, 11) is 0. The highest BCUT2D eigenvalue weighted by atomic mass is 35.5. The van der Waals surface area contributed by atoms with E-state index in [-0.39, 0.29) is 10.6 Å². The van der Waals surface area contributed by atoms with Gasteiger partial charge < -0.3 is 16.8 Å². The van der Waals surface area contributed by atoms with Crippen molar-refractivity contribution in [2.75, 3.05) is 11.1 Å². The van der Waals surface area contributed by atoms with Crippen molar-refractivity contribution in [2.24, 2.45) is 5.73 Å². The minimum absolute atomic E-state index is 0.181. The summed E-state index contributed by atoms with van der Waals surface area (Å²) in [6, 6.07) is 7.86. The molecule has 2 aromatic carbocycles. The molecule has 5 N–H and O–H groups in total. The molecule has 104 valence electrons. The Hall–Kier alpha value is -1.62. The average molecular weight is 331 g/mol. The number of halogens is 3. The van der Waals surface area contributed by atoms with Gasteiger partial charge in [0.05, 0.1) is 27.0 Å². The molecule has 0 aliphatic heterocycles. The first-order valence-corrected chi connectivity index (χ1v) is 6.63. The van der Waals surface area contributed by atoms with Crippen LogP contribution in [0.3, 0.4) is 0 Å². The molecule has 0 aromatic heterocycles. The number of rotatable bonds is 3. The lowest BCUT2D eigenvalue weighted by Gasteiger charge is -2.14. The predicted molar refractivity (Wildman–Crippen MR) is 84.1 cm³/mol. The Labute approximate surface area is 130 Å². The van der Waals surface area contributed by atoms with Crippen LogP contribution < -0.4 is 16.8 Å². The number of amides is 1. The smallest absolute Gasteiger partial charge is 0.250 e. The number of nitrogens with two attached hydrogens (primary N) is 2. The third-order valence-electron chi connectivity index (χ3n) is 2.57. The Morgan fingerprint density at radius 1 is 1.05 bits per heavy atom. The van der Waals surface area contributed by atoms with E-state index in [1.54, 1.807) is 18.2 Å². The van der Waals surface area contributed by atoms with E-state index >= 15 is 0 Å². The van der Waals surface area contributed by atoms with E-state index in [1.807, 2.05) is 0 Å². The van der Waals surface area contributed by atoms with Gasteiger partial charge in [0.15, 0.2) is 0 Å². The molecule has 0 saturated heterocycles. The fourth-order valence-corrected chi connectivity index (χ4v) is 2.41. The van der Waals surface area contributed by atoms with Gasteiger partial charge >= 0.3 is 0 Å². The summed E-state index contributed by atoms with van der Waals surface area (Å²) in [6.45, 7) is 0. The van der Waals surface area contributed by atoms with E-state index in [4.69, 9.17) is 46.3 Å². The molecule has 4 nitrogen and oxygen atoms in total. The lowest BCUT2D eigenvalue weighted by molar-refractivity contribution is 0.100. The van der Waals surface area contributed by atoms with Gasteiger partial charge in [0.25, 0.3) is 5.91 Å². The predicted octanol–water partition coefficient (Wildman–Crippen LogP) is 4.07. The molecule has 2 aromatic rings. The molecule has 0 unspecified atom stereocenters. The number of nitrogen functional groups attached to an aromatic ring is 1. The van der Waals surface area contributed by atoms with Gasteiger partial charge in [-0.25, -0.2) is 0 Å². The van der Waals surface area contributed by atoms with Crippen molar-refractivity contribution >= 4 is 57.8 Å². The van der Waals surface area contributed by atoms with Gasteiger partial charge in [-0.05, 0) is 30.3 Å². The molecular formula is C13H10Cl3N3O. The van der Waals surface area contributed by atoms with Crippen LogP contribution in [0.1, 0.15) is 10.4 Å². The second-order valence-corrected chi connectivity index (χ2v) is 5.29. The van der Waals surface area contributed by atoms with Crippen molar-refractivity contribution in [3.8, 4) is 0 Å². The minimum Gasteiger partial charge on any atom is -0.399 e. The number of nitrogens with one attached hydrogen (secondary N) is 1. The Balaban J connectivity index is 2.50. The molecule has 0 aliphatic rings. The summed E-state index contributed by atoms with van der Waals surface area (Å²) in [5.74, 6) is -0.646. The summed E-state index contributed by atoms with van der Waals surface area (Å²) < 4.78 is 0. The van der Waals surface area contributed by atoms with Gasteiger partial charge in [-0.3, -0.25) is 4.79 Å². The highest BCUT2D eigenvalue weighted by Crippen LogP contribution is 2.34. The zero-order valence-electron chi connectivity index (χ0n) is 10.1. The lowest BCUT2D eigenvalue weighted by atomic mass is 10.1. The first kappa shape index (κ1) is 14.8. The van der Waals surface area contributed by atoms with Crippen molar-refractivity contribution in [1.82, 2.24) is 0 Å². The van der Waals surface area contributed by atoms with Gasteiger partial charge in [-0.1, -0.05) is 34.8 Å². The summed E-state index contributed by atoms with van der Waals surface area (Å²) in [5.41, 5.74) is 12.4. The van der Waals surface area contributed by atoms with Crippen LogP contribution in [0.2, 0.25) is 15.1 Å². The lowest BCUT2D eigenvalue weighted by Crippen LogP contribution is -2.14. The summed E-state index contributed by atoms with van der Waals surface area (Å²) in [4.78, 5) is 11.5. The summed E-state index contributed by atoms with van der Waals surface area (Å²) in [6.07, 6.45) is 0. The maximum absolute atomic E-state index is 11.5. The molecule has 0 bridgehead atoms. The molecule has 0 saturated carbocycles. The topological polar surface area (TPSA) is 81.1 Å². The zero-order chi connectivity index (χ0) is 14.9. The maximum Gasteiger partial charge on any atom is 0.250 e. The van der Waals surface area contributed by atoms with Crippen LogP contribution in [0.25, 0.3) is 0 Å². The number of carbonyl (C=O) groups is 1. The average Bonchev–Trinajstić information content (AvgIpc) is 2.34. The van der Waals surface area contributed by atoms with E-state index in [0.29, 0.717) is 27.1 Å². The first-order valence-electron chi connectivity index (χ1n) is 5.49. The SMILES string of the molecule is NC(=O)c1cc(N)cc(Cl)c1Nc1ccc(Cl)cc1Cl. The second kappa shape index (κ2) is 5.79. The Morgan fingerprint density at radius 2 is 1.75 bits per heavy atom. The third-order valence-corrected chi connectivity index (χ3v) is 3.41. The Bertz CT molecular complexity index is 689. The molecule has 20 heavy (non-hydrogen) atoms. The molecule has 1 amide bonds. The van der Waals surface area contributed by atoms with Gasteiger partial charge in [0, 0.05) is 10.7 Å². The molecule has 7 heteroatoms. The number of hydrogen-bond donors (Lipinski definition) is 3. The largest absolute Gasteiger partial charge is 0.399 e. The molecule has 2 rings (SSSR count). The summed E-state index contributed by atoms with van der Waals surface area (Å²) in [5, 5.41) is 4.12. The van der Waals surface area contributed by atoms with E-state index in [1.165, 1.54) is 12.1 Å². The van der Waals surface area contributed by atoms with Crippen LogP contribution in [0, 0.1) is 0 Å². The third kappa shape index (κ3) is 3.10. The zero-order valence-corrected chi connectivity index (χ0v) is 12.4. The van der Waals surface area contributed by atoms with Crippen LogP contribution in [0.4, 0.5) is 17.1 Å². The Morgan fingerprint density at radius 3 is 2.35 bits per heavy atom. The van der Waals surface area contributed by atoms with Gasteiger partial charge in [-0.2, -0.15) is 0 Å². The highest BCUT2D eigenvalue weighted by molar-refractivity contribution is 6.37. The van der Waals surface area contributed by atoms with Crippen molar-refractivity contribution in [3.05, 3.63) is 51.0 Å². The van der Waals surface area contributed by atoms with Crippen LogP contribution in [-0.2, 0) is 0 Å². The molecule has 0 atom stereocenters. The van der Waals surface area contributed by atoms with Crippen LogP contribution in [-0.4, -0.2) is 5.91 Å². The molecule has 0 radical (unpaired) electrons. The fourth-order valence-electron chi connectivity index (χ4n) is 1.67. The first-order chi connectivity index (χ1) is 9.38. The van der Waals surface area contributed by atoms with E-state index in [9.17, 15) is 4.79 Å². The van der Waals surface area contributed by atoms with Crippen molar-refractivity contribution in [2.45, 2.75) is 0 Å². The van der Waals surface area contributed by atoms with Crippen molar-refractivity contribution in [1.29, 1.82) is 0 Å². The molecule has 0 fully saturated rings. The van der Waals surface area contributed by atoms with Crippen LogP contribution in [0.5, 0.6) is 0 Å². The molecule has 0 heterocycles. The van der Waals surface area contributed by atoms with E-state index < -0.39 is 5.91 Å². The normalized spacial score (nSPS) is 10.3. The Kier molecular flexibility index (Phi) is 4.28. The second-order valence-electron chi connectivity index (χ2n) is 4.04. The number of hydrogen-bond acceptors (Lipinski definition) is 3.